The SMILES string of the molecule is CCN1CCN(Cc2ccccc2CNC(=NC)NCC2(C(=O)N(C)C)CCCC2)CC1.I. The highest BCUT2D eigenvalue weighted by molar-refractivity contribution is 14.0. The summed E-state index contributed by atoms with van der Waals surface area (Å²) in [6.07, 6.45) is 4.13. The quantitative estimate of drug-likeness (QED) is 0.286. The zero-order valence-corrected chi connectivity index (χ0v) is 23.2. The number of piperazine rings is 1. The van der Waals surface area contributed by atoms with E-state index in [-0.39, 0.29) is 35.3 Å². The summed E-state index contributed by atoms with van der Waals surface area (Å²) in [5.41, 5.74) is 2.36. The number of halogens is 1. The van der Waals surface area contributed by atoms with Gasteiger partial charge in [0.05, 0.1) is 5.41 Å². The number of nitrogens with one attached hydrogen (secondary N) is 2. The smallest absolute Gasteiger partial charge is 0.230 e. The summed E-state index contributed by atoms with van der Waals surface area (Å²) in [7, 11) is 5.51. The number of likely N-dealkylation sites (N-methyl/N-ethyl adjacent to an activating group) is 1. The van der Waals surface area contributed by atoms with Gasteiger partial charge in [-0.15, -0.1) is 24.0 Å². The molecule has 2 aliphatic rings. The molecule has 0 bridgehead atoms. The van der Waals surface area contributed by atoms with Crippen LogP contribution in [0.4, 0.5) is 0 Å². The van der Waals surface area contributed by atoms with Crippen LogP contribution in [0.2, 0.25) is 0 Å². The summed E-state index contributed by atoms with van der Waals surface area (Å²) in [6, 6.07) is 8.68. The Kier molecular flexibility index (Phi) is 11.4. The van der Waals surface area contributed by atoms with Gasteiger partial charge >= 0.3 is 0 Å². The minimum atomic E-state index is -0.306. The largest absolute Gasteiger partial charge is 0.355 e. The minimum absolute atomic E-state index is 0. The van der Waals surface area contributed by atoms with Crippen LogP contribution in [0, 0.1) is 5.41 Å². The second-order valence-electron chi connectivity index (χ2n) is 9.45. The molecule has 8 heteroatoms. The Morgan fingerprint density at radius 2 is 1.64 bits per heavy atom. The number of hydrogen-bond donors (Lipinski definition) is 2. The molecule has 1 saturated heterocycles. The Bertz CT molecular complexity index is 770. The van der Waals surface area contributed by atoms with Crippen LogP contribution < -0.4 is 10.6 Å². The predicted molar refractivity (Wildman–Crippen MR) is 147 cm³/mol. The van der Waals surface area contributed by atoms with Gasteiger partial charge in [-0.3, -0.25) is 14.7 Å². The van der Waals surface area contributed by atoms with Gasteiger partial charge in [0.1, 0.15) is 0 Å². The van der Waals surface area contributed by atoms with Gasteiger partial charge in [0.15, 0.2) is 5.96 Å². The molecule has 0 atom stereocenters. The maximum atomic E-state index is 12.8. The second-order valence-corrected chi connectivity index (χ2v) is 9.45. The highest BCUT2D eigenvalue weighted by Crippen LogP contribution is 2.38. The number of carbonyl (C=O) groups excluding carboxylic acids is 1. The third kappa shape index (κ3) is 7.55. The van der Waals surface area contributed by atoms with Crippen molar-refractivity contribution in [3.63, 3.8) is 0 Å². The van der Waals surface area contributed by atoms with Crippen molar-refractivity contribution < 1.29 is 4.79 Å². The summed E-state index contributed by atoms with van der Waals surface area (Å²) >= 11 is 0. The van der Waals surface area contributed by atoms with E-state index in [1.165, 1.54) is 11.1 Å². The van der Waals surface area contributed by atoms with Crippen molar-refractivity contribution in [2.45, 2.75) is 45.7 Å². The number of nitrogens with zero attached hydrogens (tertiary/aromatic N) is 4. The standard InChI is InChI=1S/C25H42N6O.HI/c1-5-30-14-16-31(17-15-30)19-22-11-7-6-10-21(22)18-27-24(26-2)28-20-25(12-8-9-13-25)23(32)29(3)4;/h6-7,10-11H,5,8-9,12-20H2,1-4H3,(H2,26,27,28);1H. The number of hydrogen-bond acceptors (Lipinski definition) is 4. The maximum absolute atomic E-state index is 12.8. The molecule has 0 radical (unpaired) electrons. The van der Waals surface area contributed by atoms with E-state index in [1.807, 2.05) is 14.1 Å². The Labute approximate surface area is 217 Å². The lowest BCUT2D eigenvalue weighted by atomic mass is 9.84. The first-order valence-electron chi connectivity index (χ1n) is 12.1. The van der Waals surface area contributed by atoms with E-state index in [0.29, 0.717) is 6.54 Å². The van der Waals surface area contributed by atoms with Crippen LogP contribution in [-0.2, 0) is 17.9 Å². The molecule has 33 heavy (non-hydrogen) atoms. The Morgan fingerprint density at radius 1 is 1.03 bits per heavy atom. The number of aliphatic imine (C=N–C) groups is 1. The normalized spacial score (nSPS) is 19.1. The van der Waals surface area contributed by atoms with E-state index in [4.69, 9.17) is 0 Å². The Morgan fingerprint density at radius 3 is 2.21 bits per heavy atom. The third-order valence-corrected chi connectivity index (χ3v) is 7.11. The van der Waals surface area contributed by atoms with Crippen molar-refractivity contribution >= 4 is 35.8 Å². The van der Waals surface area contributed by atoms with Crippen LogP contribution in [0.25, 0.3) is 0 Å². The van der Waals surface area contributed by atoms with Crippen molar-refractivity contribution in [1.29, 1.82) is 0 Å². The molecule has 2 N–H and O–H groups in total. The van der Waals surface area contributed by atoms with Crippen LogP contribution in [0.5, 0.6) is 0 Å². The van der Waals surface area contributed by atoms with Gasteiger partial charge in [-0.1, -0.05) is 44.0 Å². The predicted octanol–water partition coefficient (Wildman–Crippen LogP) is 2.76. The lowest BCUT2D eigenvalue weighted by molar-refractivity contribution is -0.138. The average Bonchev–Trinajstić information content (AvgIpc) is 3.30. The molecule has 7 nitrogen and oxygen atoms in total. The lowest BCUT2D eigenvalue weighted by Crippen LogP contribution is -2.49. The van der Waals surface area contributed by atoms with E-state index in [9.17, 15) is 4.79 Å². The average molecular weight is 571 g/mol. The van der Waals surface area contributed by atoms with Gasteiger partial charge in [-0.05, 0) is 30.5 Å². The van der Waals surface area contributed by atoms with Gasteiger partial charge in [-0.25, -0.2) is 0 Å². The molecule has 1 saturated carbocycles. The van der Waals surface area contributed by atoms with Crippen molar-refractivity contribution in [2.75, 3.05) is 60.4 Å². The molecule has 1 heterocycles. The Hall–Kier alpha value is -1.39. The highest BCUT2D eigenvalue weighted by atomic mass is 127. The van der Waals surface area contributed by atoms with Crippen LogP contribution in [0.3, 0.4) is 0 Å². The fourth-order valence-corrected chi connectivity index (χ4v) is 5.03. The van der Waals surface area contributed by atoms with Gasteiger partial charge in [0.25, 0.3) is 0 Å². The molecule has 3 rings (SSSR count). The summed E-state index contributed by atoms with van der Waals surface area (Å²) < 4.78 is 0. The van der Waals surface area contributed by atoms with Crippen molar-refractivity contribution in [2.24, 2.45) is 10.4 Å². The van der Waals surface area contributed by atoms with E-state index in [0.717, 1.165) is 77.5 Å². The van der Waals surface area contributed by atoms with E-state index < -0.39 is 0 Å². The Balaban J connectivity index is 0.00000385. The van der Waals surface area contributed by atoms with Crippen molar-refractivity contribution in [3.8, 4) is 0 Å². The third-order valence-electron chi connectivity index (χ3n) is 7.11. The lowest BCUT2D eigenvalue weighted by Gasteiger charge is -2.34. The zero-order valence-electron chi connectivity index (χ0n) is 20.9. The van der Waals surface area contributed by atoms with Gasteiger partial charge in [0, 0.05) is 67.0 Å². The van der Waals surface area contributed by atoms with E-state index in [2.05, 4.69) is 56.6 Å². The van der Waals surface area contributed by atoms with Gasteiger partial charge < -0.3 is 20.4 Å². The maximum Gasteiger partial charge on any atom is 0.230 e. The van der Waals surface area contributed by atoms with Crippen LogP contribution in [0.15, 0.2) is 29.3 Å². The van der Waals surface area contributed by atoms with Crippen LogP contribution >= 0.6 is 24.0 Å². The van der Waals surface area contributed by atoms with Crippen molar-refractivity contribution in [1.82, 2.24) is 25.3 Å². The molecule has 0 aromatic heterocycles. The molecule has 1 amide bonds. The number of rotatable bonds is 8. The summed E-state index contributed by atoms with van der Waals surface area (Å²) in [6.45, 7) is 10.3. The fourth-order valence-electron chi connectivity index (χ4n) is 5.03. The zero-order chi connectivity index (χ0) is 23.0. The molecule has 0 spiro atoms. The monoisotopic (exact) mass is 570 g/mol. The first kappa shape index (κ1) is 27.9. The molecule has 0 unspecified atom stereocenters. The van der Waals surface area contributed by atoms with Gasteiger partial charge in [0.2, 0.25) is 5.91 Å². The number of amides is 1. The first-order chi connectivity index (χ1) is 15.5. The van der Waals surface area contributed by atoms with Crippen LogP contribution in [0.1, 0.15) is 43.7 Å². The van der Waals surface area contributed by atoms with Gasteiger partial charge in [-0.2, -0.15) is 0 Å². The topological polar surface area (TPSA) is 63.2 Å². The van der Waals surface area contributed by atoms with E-state index >= 15 is 0 Å². The molecular weight excluding hydrogens is 527 g/mol. The molecule has 1 aliphatic heterocycles. The molecular formula is C25H43IN6O. The number of benzene rings is 1. The fraction of sp³-hybridized carbons (Fsp3) is 0.680. The van der Waals surface area contributed by atoms with E-state index in [1.54, 1.807) is 11.9 Å². The molecule has 1 aromatic carbocycles. The summed E-state index contributed by atoms with van der Waals surface area (Å²) in [4.78, 5) is 24.1. The summed E-state index contributed by atoms with van der Waals surface area (Å²) in [5.74, 6) is 0.987. The molecule has 1 aliphatic carbocycles. The molecule has 1 aromatic rings. The second kappa shape index (κ2) is 13.5. The molecule has 2 fully saturated rings. The number of carbonyl (C=O) groups is 1. The highest BCUT2D eigenvalue weighted by Gasteiger charge is 2.42. The summed E-state index contributed by atoms with van der Waals surface area (Å²) in [5, 5.41) is 6.92. The van der Waals surface area contributed by atoms with Crippen molar-refractivity contribution in [3.05, 3.63) is 35.4 Å². The van der Waals surface area contributed by atoms with Crippen LogP contribution in [-0.4, -0.2) is 87.0 Å². The minimum Gasteiger partial charge on any atom is -0.355 e. The first-order valence-corrected chi connectivity index (χ1v) is 12.1. The number of guanidine groups is 1. The molecule has 186 valence electrons.